The molecule has 6 nitrogen and oxygen atoms in total. The van der Waals surface area contributed by atoms with Gasteiger partial charge in [0.25, 0.3) is 0 Å². The molecule has 2 rings (SSSR count). The minimum absolute atomic E-state index is 0.0222. The maximum absolute atomic E-state index is 12.2. The van der Waals surface area contributed by atoms with E-state index in [0.29, 0.717) is 18.7 Å². The number of piperidine rings is 1. The Labute approximate surface area is 137 Å². The smallest absolute Gasteiger partial charge is 0.422 e. The highest BCUT2D eigenvalue weighted by Gasteiger charge is 2.33. The number of alkyl halides is 3. The summed E-state index contributed by atoms with van der Waals surface area (Å²) in [5.74, 6) is -0.442. The van der Waals surface area contributed by atoms with Crippen molar-refractivity contribution in [3.05, 3.63) is 23.9 Å². The van der Waals surface area contributed by atoms with Gasteiger partial charge < -0.3 is 15.0 Å². The largest absolute Gasteiger partial charge is 0.440 e. The van der Waals surface area contributed by atoms with Crippen molar-refractivity contribution in [2.24, 2.45) is 5.92 Å². The number of aryl methyl sites for hydroxylation is 1. The first-order chi connectivity index (χ1) is 11.2. The van der Waals surface area contributed by atoms with Gasteiger partial charge in [0.15, 0.2) is 6.61 Å². The molecule has 0 unspecified atom stereocenters. The normalized spacial score (nSPS) is 18.2. The molecule has 9 heteroatoms. The second-order valence-corrected chi connectivity index (χ2v) is 5.66. The van der Waals surface area contributed by atoms with Crippen LogP contribution in [0, 0.1) is 12.8 Å². The van der Waals surface area contributed by atoms with Crippen molar-refractivity contribution in [3.8, 4) is 0 Å². The molecule has 1 aliphatic rings. The molecule has 2 amide bonds. The molecule has 0 aromatic carbocycles. The van der Waals surface area contributed by atoms with Crippen LogP contribution in [0.25, 0.3) is 0 Å². The number of ether oxygens (including phenoxy) is 1. The number of carbonyl (C=O) groups is 2. The van der Waals surface area contributed by atoms with Crippen LogP contribution in [-0.2, 0) is 9.53 Å². The molecular formula is C15H18F3N3O3. The first-order valence-corrected chi connectivity index (χ1v) is 7.46. The number of rotatable bonds is 3. The van der Waals surface area contributed by atoms with Crippen LogP contribution in [-0.4, -0.2) is 47.8 Å². The van der Waals surface area contributed by atoms with Gasteiger partial charge in [-0.05, 0) is 31.4 Å². The second kappa shape index (κ2) is 7.50. The summed E-state index contributed by atoms with van der Waals surface area (Å²) in [5, 5.41) is 2.65. The van der Waals surface area contributed by atoms with E-state index >= 15 is 0 Å². The topological polar surface area (TPSA) is 71.5 Å². The van der Waals surface area contributed by atoms with Crippen molar-refractivity contribution in [2.75, 3.05) is 25.0 Å². The lowest BCUT2D eigenvalue weighted by Gasteiger charge is -2.31. The fourth-order valence-corrected chi connectivity index (χ4v) is 2.36. The molecule has 24 heavy (non-hydrogen) atoms. The molecule has 0 aliphatic carbocycles. The minimum atomic E-state index is -4.57. The number of nitrogens with one attached hydrogen (secondary N) is 1. The van der Waals surface area contributed by atoms with Gasteiger partial charge in [0.05, 0.1) is 5.92 Å². The molecule has 0 radical (unpaired) electrons. The number of likely N-dealkylation sites (tertiary alicyclic amines) is 1. The van der Waals surface area contributed by atoms with Crippen molar-refractivity contribution in [3.63, 3.8) is 0 Å². The van der Waals surface area contributed by atoms with Crippen LogP contribution in [0.2, 0.25) is 0 Å². The van der Waals surface area contributed by atoms with Gasteiger partial charge >= 0.3 is 12.3 Å². The number of hydrogen-bond donors (Lipinski definition) is 1. The Kier molecular flexibility index (Phi) is 5.63. The van der Waals surface area contributed by atoms with E-state index in [-0.39, 0.29) is 19.0 Å². The molecule has 1 aromatic rings. The molecule has 1 aromatic heterocycles. The third-order valence-electron chi connectivity index (χ3n) is 3.57. The van der Waals surface area contributed by atoms with Crippen LogP contribution >= 0.6 is 0 Å². The molecule has 1 N–H and O–H groups in total. The van der Waals surface area contributed by atoms with Crippen molar-refractivity contribution >= 4 is 17.8 Å². The zero-order valence-electron chi connectivity index (χ0n) is 13.1. The Bertz CT molecular complexity index is 590. The quantitative estimate of drug-likeness (QED) is 0.914. The highest BCUT2D eigenvalue weighted by Crippen LogP contribution is 2.20. The van der Waals surface area contributed by atoms with Crippen LogP contribution in [0.3, 0.4) is 0 Å². The Morgan fingerprint density at radius 1 is 1.42 bits per heavy atom. The summed E-state index contributed by atoms with van der Waals surface area (Å²) in [4.78, 5) is 29.1. The van der Waals surface area contributed by atoms with Gasteiger partial charge in [-0.15, -0.1) is 0 Å². The second-order valence-electron chi connectivity index (χ2n) is 5.66. The van der Waals surface area contributed by atoms with Crippen molar-refractivity contribution < 1.29 is 27.5 Å². The Morgan fingerprint density at radius 3 is 2.79 bits per heavy atom. The Hall–Kier alpha value is -2.32. The van der Waals surface area contributed by atoms with Crippen molar-refractivity contribution in [1.29, 1.82) is 0 Å². The van der Waals surface area contributed by atoms with E-state index in [1.165, 1.54) is 0 Å². The Morgan fingerprint density at radius 2 is 2.17 bits per heavy atom. The number of pyridine rings is 1. The summed E-state index contributed by atoms with van der Waals surface area (Å²) in [6.45, 7) is 0.522. The zero-order valence-corrected chi connectivity index (χ0v) is 13.1. The fraction of sp³-hybridized carbons (Fsp3) is 0.533. The van der Waals surface area contributed by atoms with E-state index < -0.39 is 24.8 Å². The summed E-state index contributed by atoms with van der Waals surface area (Å²) in [7, 11) is 0. The van der Waals surface area contributed by atoms with Gasteiger partial charge in [0.2, 0.25) is 5.91 Å². The predicted octanol–water partition coefficient (Wildman–Crippen LogP) is 2.74. The number of anilines is 1. The molecule has 132 valence electrons. The number of hydrogen-bond acceptors (Lipinski definition) is 4. The van der Waals surface area contributed by atoms with Gasteiger partial charge in [-0.25, -0.2) is 9.78 Å². The maximum atomic E-state index is 12.2. The van der Waals surface area contributed by atoms with Gasteiger partial charge in [-0.3, -0.25) is 4.79 Å². The van der Waals surface area contributed by atoms with Crippen molar-refractivity contribution in [1.82, 2.24) is 9.88 Å². The number of nitrogens with zero attached hydrogens (tertiary/aromatic N) is 2. The van der Waals surface area contributed by atoms with Crippen LogP contribution in [0.1, 0.15) is 18.4 Å². The molecule has 0 spiro atoms. The average molecular weight is 345 g/mol. The summed E-state index contributed by atoms with van der Waals surface area (Å²) in [6.07, 6.45) is -2.96. The van der Waals surface area contributed by atoms with Crippen LogP contribution in [0.5, 0.6) is 0 Å². The SMILES string of the molecule is Cc1ccc(NC(=O)[C@H]2CCCN(C(=O)OCC(F)(F)F)C2)nc1. The van der Waals surface area contributed by atoms with E-state index in [4.69, 9.17) is 0 Å². The van der Waals surface area contributed by atoms with Gasteiger partial charge in [0.1, 0.15) is 5.82 Å². The summed E-state index contributed by atoms with van der Waals surface area (Å²) < 4.78 is 40.5. The molecule has 1 saturated heterocycles. The lowest BCUT2D eigenvalue weighted by molar-refractivity contribution is -0.162. The van der Waals surface area contributed by atoms with Gasteiger partial charge in [0, 0.05) is 19.3 Å². The lowest BCUT2D eigenvalue weighted by atomic mass is 9.97. The Balaban J connectivity index is 1.88. The van der Waals surface area contributed by atoms with E-state index in [1.54, 1.807) is 18.3 Å². The number of amides is 2. The minimum Gasteiger partial charge on any atom is -0.440 e. The third-order valence-corrected chi connectivity index (χ3v) is 3.57. The van der Waals surface area contributed by atoms with Crippen molar-refractivity contribution in [2.45, 2.75) is 25.9 Å². The lowest BCUT2D eigenvalue weighted by Crippen LogP contribution is -2.44. The summed E-state index contributed by atoms with van der Waals surface area (Å²) >= 11 is 0. The third kappa shape index (κ3) is 5.39. The molecule has 2 heterocycles. The number of aromatic nitrogens is 1. The first kappa shape index (κ1) is 18.0. The molecule has 1 atom stereocenters. The van der Waals surface area contributed by atoms with E-state index in [9.17, 15) is 22.8 Å². The zero-order chi connectivity index (χ0) is 17.7. The molecule has 1 aliphatic heterocycles. The van der Waals surface area contributed by atoms with Gasteiger partial charge in [-0.2, -0.15) is 13.2 Å². The summed E-state index contributed by atoms with van der Waals surface area (Å²) in [5.41, 5.74) is 0.948. The fourth-order valence-electron chi connectivity index (χ4n) is 2.36. The van der Waals surface area contributed by atoms with Crippen LogP contribution in [0.4, 0.5) is 23.8 Å². The first-order valence-electron chi connectivity index (χ1n) is 7.46. The van der Waals surface area contributed by atoms with E-state index in [0.717, 1.165) is 10.5 Å². The van der Waals surface area contributed by atoms with Crippen LogP contribution in [0.15, 0.2) is 18.3 Å². The predicted molar refractivity (Wildman–Crippen MR) is 79.3 cm³/mol. The standard InChI is InChI=1S/C15H18F3N3O3/c1-10-4-5-12(19-7-10)20-13(22)11-3-2-6-21(8-11)14(23)24-9-15(16,17)18/h4-5,7,11H,2-3,6,8-9H2,1H3,(H,19,20,22)/t11-/m0/s1. The van der Waals surface area contributed by atoms with Gasteiger partial charge in [-0.1, -0.05) is 6.07 Å². The highest BCUT2D eigenvalue weighted by molar-refractivity contribution is 5.92. The molecular weight excluding hydrogens is 327 g/mol. The monoisotopic (exact) mass is 345 g/mol. The van der Waals surface area contributed by atoms with E-state index in [1.807, 2.05) is 6.92 Å². The maximum Gasteiger partial charge on any atom is 0.422 e. The van der Waals surface area contributed by atoms with E-state index in [2.05, 4.69) is 15.0 Å². The highest BCUT2D eigenvalue weighted by atomic mass is 19.4. The number of carbonyl (C=O) groups excluding carboxylic acids is 2. The average Bonchev–Trinajstić information content (AvgIpc) is 2.54. The van der Waals surface area contributed by atoms with Crippen LogP contribution < -0.4 is 5.32 Å². The molecule has 0 saturated carbocycles. The summed E-state index contributed by atoms with van der Waals surface area (Å²) in [6, 6.07) is 3.45. The molecule has 1 fully saturated rings. The number of halogens is 3. The molecule has 0 bridgehead atoms.